The Kier molecular flexibility index (Phi) is 6.24. The molecule has 0 saturated heterocycles. The number of hydroxylamine groups is 1. The summed E-state index contributed by atoms with van der Waals surface area (Å²) in [5, 5.41) is 11.5. The Morgan fingerprint density at radius 3 is 2.25 bits per heavy atom. The topological polar surface area (TPSA) is 87.7 Å². The first kappa shape index (κ1) is 19.4. The van der Waals surface area contributed by atoms with Crippen molar-refractivity contribution < 1.29 is 19.5 Å². The predicted molar refractivity (Wildman–Crippen MR) is 107 cm³/mol. The van der Waals surface area contributed by atoms with E-state index in [1.807, 2.05) is 54.6 Å². The van der Waals surface area contributed by atoms with E-state index < -0.39 is 5.91 Å². The highest BCUT2D eigenvalue weighted by Gasteiger charge is 2.25. The van der Waals surface area contributed by atoms with Crippen LogP contribution in [-0.2, 0) is 9.59 Å². The van der Waals surface area contributed by atoms with Crippen molar-refractivity contribution in [3.8, 4) is 5.75 Å². The van der Waals surface area contributed by atoms with E-state index in [9.17, 15) is 9.59 Å². The highest BCUT2D eigenvalue weighted by molar-refractivity contribution is 6.24. The van der Waals surface area contributed by atoms with Crippen LogP contribution in [0.15, 0.2) is 54.6 Å². The number of ether oxygens (including phenoxy) is 1. The van der Waals surface area contributed by atoms with Crippen molar-refractivity contribution in [2.45, 2.75) is 18.9 Å². The number of benzene rings is 2. The summed E-state index contributed by atoms with van der Waals surface area (Å²) in [7, 11) is 1.60. The van der Waals surface area contributed by atoms with Crippen molar-refractivity contribution >= 4 is 29.5 Å². The molecule has 6 heteroatoms. The van der Waals surface area contributed by atoms with Crippen LogP contribution >= 0.6 is 0 Å². The van der Waals surface area contributed by atoms with Gasteiger partial charge in [-0.05, 0) is 53.8 Å². The second-order valence-electron chi connectivity index (χ2n) is 6.51. The molecule has 1 aliphatic rings. The molecule has 3 N–H and O–H groups in total. The molecule has 2 aromatic carbocycles. The number of nitrogens with one attached hydrogen (secondary N) is 2. The lowest BCUT2D eigenvalue weighted by Crippen LogP contribution is -2.26. The number of hydrogen-bond donors (Lipinski definition) is 3. The number of methoxy groups -OCH3 is 1. The van der Waals surface area contributed by atoms with Crippen molar-refractivity contribution in [2.24, 2.45) is 0 Å². The van der Waals surface area contributed by atoms with E-state index in [2.05, 4.69) is 5.32 Å². The summed E-state index contributed by atoms with van der Waals surface area (Å²) >= 11 is 0. The number of rotatable bonds is 7. The minimum Gasteiger partial charge on any atom is -0.497 e. The Labute approximate surface area is 163 Å². The van der Waals surface area contributed by atoms with Gasteiger partial charge in [-0.1, -0.05) is 36.4 Å². The zero-order valence-electron chi connectivity index (χ0n) is 15.5. The normalized spacial score (nSPS) is 14.0. The lowest BCUT2D eigenvalue weighted by Gasteiger charge is -2.10. The second kappa shape index (κ2) is 9.01. The zero-order valence-corrected chi connectivity index (χ0v) is 15.5. The highest BCUT2D eigenvalue weighted by atomic mass is 16.5. The van der Waals surface area contributed by atoms with Gasteiger partial charge in [0, 0.05) is 17.7 Å². The van der Waals surface area contributed by atoms with E-state index in [4.69, 9.17) is 9.94 Å². The van der Waals surface area contributed by atoms with Crippen LogP contribution < -0.4 is 15.5 Å². The molecule has 0 aliphatic heterocycles. The van der Waals surface area contributed by atoms with E-state index >= 15 is 0 Å². The fraction of sp³-hybridized carbons (Fsp3) is 0.182. The molecule has 2 amide bonds. The van der Waals surface area contributed by atoms with Gasteiger partial charge < -0.3 is 10.1 Å². The lowest BCUT2D eigenvalue weighted by atomic mass is 10.0. The Bertz CT molecular complexity index is 895. The van der Waals surface area contributed by atoms with Gasteiger partial charge in [-0.3, -0.25) is 14.8 Å². The van der Waals surface area contributed by atoms with Crippen LogP contribution in [0.5, 0.6) is 5.75 Å². The first-order valence-electron chi connectivity index (χ1n) is 8.98. The fourth-order valence-electron chi connectivity index (χ4n) is 2.62. The molecule has 2 aromatic rings. The maximum atomic E-state index is 12.7. The van der Waals surface area contributed by atoms with E-state index in [1.54, 1.807) is 18.7 Å². The minimum absolute atomic E-state index is 0.101. The van der Waals surface area contributed by atoms with E-state index in [0.717, 1.165) is 35.3 Å². The quantitative estimate of drug-likeness (QED) is 0.299. The van der Waals surface area contributed by atoms with Gasteiger partial charge in [-0.25, -0.2) is 5.48 Å². The maximum Gasteiger partial charge on any atom is 0.267 e. The van der Waals surface area contributed by atoms with Crippen LogP contribution in [0.2, 0.25) is 0 Å². The Hall–Kier alpha value is -3.38. The Balaban J connectivity index is 1.85. The van der Waals surface area contributed by atoms with Crippen LogP contribution in [0.25, 0.3) is 17.7 Å². The molecule has 1 fully saturated rings. The summed E-state index contributed by atoms with van der Waals surface area (Å²) in [5.74, 6) is 0.0347. The minimum atomic E-state index is -0.595. The average molecular weight is 378 g/mol. The van der Waals surface area contributed by atoms with Crippen molar-refractivity contribution in [1.29, 1.82) is 0 Å². The smallest absolute Gasteiger partial charge is 0.267 e. The molecule has 0 radical (unpaired) electrons. The van der Waals surface area contributed by atoms with E-state index in [-0.39, 0.29) is 11.9 Å². The summed E-state index contributed by atoms with van der Waals surface area (Å²) in [6.45, 7) is 0. The summed E-state index contributed by atoms with van der Waals surface area (Å²) in [4.78, 5) is 23.8. The molecule has 0 bridgehead atoms. The molecular weight excluding hydrogens is 356 g/mol. The summed E-state index contributed by atoms with van der Waals surface area (Å²) in [6.07, 6.45) is 6.70. The average Bonchev–Trinajstić information content (AvgIpc) is 3.55. The summed E-state index contributed by atoms with van der Waals surface area (Å²) < 4.78 is 5.19. The van der Waals surface area contributed by atoms with Crippen LogP contribution in [0.1, 0.15) is 29.5 Å². The number of carbonyl (C=O) groups is 2. The molecule has 0 spiro atoms. The molecular formula is C22H22N2O4. The Morgan fingerprint density at radius 2 is 1.68 bits per heavy atom. The van der Waals surface area contributed by atoms with Crippen LogP contribution in [0.4, 0.5) is 0 Å². The third-order valence-electron chi connectivity index (χ3n) is 4.34. The molecule has 0 unspecified atom stereocenters. The van der Waals surface area contributed by atoms with Crippen molar-refractivity contribution in [1.82, 2.24) is 10.8 Å². The molecule has 0 aromatic heterocycles. The largest absolute Gasteiger partial charge is 0.497 e. The van der Waals surface area contributed by atoms with Crippen molar-refractivity contribution in [2.75, 3.05) is 7.11 Å². The van der Waals surface area contributed by atoms with Gasteiger partial charge in [0.1, 0.15) is 5.75 Å². The summed E-state index contributed by atoms with van der Waals surface area (Å²) in [5.41, 5.74) is 4.59. The lowest BCUT2D eigenvalue weighted by molar-refractivity contribution is -0.124. The maximum absolute atomic E-state index is 12.7. The van der Waals surface area contributed by atoms with E-state index in [0.29, 0.717) is 5.57 Å². The first-order chi connectivity index (χ1) is 13.6. The monoisotopic (exact) mass is 378 g/mol. The van der Waals surface area contributed by atoms with E-state index in [1.165, 1.54) is 6.08 Å². The van der Waals surface area contributed by atoms with Gasteiger partial charge in [0.15, 0.2) is 0 Å². The van der Waals surface area contributed by atoms with Gasteiger partial charge in [0.05, 0.1) is 7.11 Å². The van der Waals surface area contributed by atoms with Crippen LogP contribution in [0.3, 0.4) is 0 Å². The predicted octanol–water partition coefficient (Wildman–Crippen LogP) is 3.03. The third-order valence-corrected chi connectivity index (χ3v) is 4.34. The van der Waals surface area contributed by atoms with Gasteiger partial charge in [-0.15, -0.1) is 0 Å². The van der Waals surface area contributed by atoms with Gasteiger partial charge in [-0.2, -0.15) is 0 Å². The number of hydrogen-bond acceptors (Lipinski definition) is 4. The van der Waals surface area contributed by atoms with Crippen LogP contribution in [0, 0.1) is 0 Å². The zero-order chi connectivity index (χ0) is 19.9. The van der Waals surface area contributed by atoms with Gasteiger partial charge in [0.2, 0.25) is 0 Å². The number of carbonyl (C=O) groups excluding carboxylic acids is 2. The third kappa shape index (κ3) is 5.31. The molecule has 1 aliphatic carbocycles. The van der Waals surface area contributed by atoms with Crippen LogP contribution in [-0.4, -0.2) is 30.2 Å². The molecule has 3 rings (SSSR count). The molecule has 1 saturated carbocycles. The van der Waals surface area contributed by atoms with Gasteiger partial charge in [0.25, 0.3) is 11.8 Å². The second-order valence-corrected chi connectivity index (χ2v) is 6.51. The molecule has 6 nitrogen and oxygen atoms in total. The molecule has 0 heterocycles. The highest BCUT2D eigenvalue weighted by Crippen LogP contribution is 2.25. The Morgan fingerprint density at radius 1 is 1.04 bits per heavy atom. The van der Waals surface area contributed by atoms with Crippen molar-refractivity contribution in [3.63, 3.8) is 0 Å². The molecule has 28 heavy (non-hydrogen) atoms. The number of amides is 2. The molecule has 0 atom stereocenters. The fourth-order valence-corrected chi connectivity index (χ4v) is 2.62. The first-order valence-corrected chi connectivity index (χ1v) is 8.98. The summed E-state index contributed by atoms with van der Waals surface area (Å²) in [6, 6.07) is 15.0. The SMILES string of the molecule is COc1ccc(/C(=C\c2ccc(/C=C/C(=O)NO)cc2)C(=O)NC2CC2)cc1. The standard InChI is InChI=1S/C22H22N2O4/c1-28-19-11-7-17(8-12-19)20(22(26)23-18-9-10-18)14-16-4-2-15(3-5-16)6-13-21(25)24-27/h2-8,11-14,18,27H,9-10H2,1H3,(H,23,26)(H,24,25)/b13-6+,20-14+. The van der Waals surface area contributed by atoms with Crippen molar-refractivity contribution in [3.05, 3.63) is 71.3 Å². The van der Waals surface area contributed by atoms with Gasteiger partial charge >= 0.3 is 0 Å². The molecule has 144 valence electrons.